The number of nitrogens with one attached hydrogen (secondary N) is 1. The molecule has 102 valence electrons. The van der Waals surface area contributed by atoms with Gasteiger partial charge in [0.1, 0.15) is 0 Å². The second-order valence-corrected chi connectivity index (χ2v) is 6.08. The lowest BCUT2D eigenvalue weighted by Gasteiger charge is -2.35. The summed E-state index contributed by atoms with van der Waals surface area (Å²) >= 11 is 0. The summed E-state index contributed by atoms with van der Waals surface area (Å²) in [6.07, 6.45) is 6.38. The van der Waals surface area contributed by atoms with Gasteiger partial charge >= 0.3 is 0 Å². The Bertz CT molecular complexity index is 297. The Labute approximate surface area is 110 Å². The molecule has 3 aliphatic rings. The van der Waals surface area contributed by atoms with E-state index < -0.39 is 0 Å². The highest BCUT2D eigenvalue weighted by Gasteiger charge is 2.35. The van der Waals surface area contributed by atoms with Gasteiger partial charge in [0.05, 0.1) is 6.54 Å². The molecular weight excluding hydrogens is 226 g/mol. The molecule has 0 radical (unpaired) electrons. The minimum absolute atomic E-state index is 0.370. The molecule has 2 aliphatic heterocycles. The lowest BCUT2D eigenvalue weighted by molar-refractivity contribution is -0.136. The molecule has 4 heteroatoms. The molecule has 0 aromatic carbocycles. The summed E-state index contributed by atoms with van der Waals surface area (Å²) in [5, 5.41) is 3.41. The van der Waals surface area contributed by atoms with Gasteiger partial charge in [-0.25, -0.2) is 0 Å². The van der Waals surface area contributed by atoms with Gasteiger partial charge in [-0.15, -0.1) is 0 Å². The minimum atomic E-state index is 0.370. The first-order valence-corrected chi connectivity index (χ1v) is 7.55. The van der Waals surface area contributed by atoms with Crippen LogP contribution in [0.25, 0.3) is 0 Å². The monoisotopic (exact) mass is 251 g/mol. The smallest absolute Gasteiger partial charge is 0.237 e. The first-order chi connectivity index (χ1) is 8.83. The van der Waals surface area contributed by atoms with E-state index in [1.165, 1.54) is 45.2 Å². The van der Waals surface area contributed by atoms with Crippen LogP contribution < -0.4 is 5.32 Å². The van der Waals surface area contributed by atoms with Crippen molar-refractivity contribution in [3.05, 3.63) is 0 Å². The Kier molecular flexibility index (Phi) is 3.85. The maximum absolute atomic E-state index is 12.0. The molecule has 3 fully saturated rings. The van der Waals surface area contributed by atoms with Crippen LogP contribution in [0.1, 0.15) is 32.1 Å². The molecule has 0 bridgehead atoms. The molecule has 1 saturated carbocycles. The van der Waals surface area contributed by atoms with Crippen LogP contribution in [0.15, 0.2) is 0 Å². The predicted octanol–water partition coefficient (Wildman–Crippen LogP) is 0.683. The zero-order valence-electron chi connectivity index (χ0n) is 11.2. The standard InChI is InChI=1S/C14H25N3O/c18-14-11-16(9-10-17(14)13-1-2-13)8-5-12-3-6-15-7-4-12/h12-13,15H,1-11H2. The van der Waals surface area contributed by atoms with Gasteiger partial charge in [-0.3, -0.25) is 9.69 Å². The van der Waals surface area contributed by atoms with Crippen LogP contribution in [0.2, 0.25) is 0 Å². The molecule has 0 aromatic heterocycles. The van der Waals surface area contributed by atoms with Crippen molar-refractivity contribution in [3.8, 4) is 0 Å². The average Bonchev–Trinajstić information content (AvgIpc) is 3.22. The Morgan fingerprint density at radius 3 is 2.56 bits per heavy atom. The summed E-state index contributed by atoms with van der Waals surface area (Å²) < 4.78 is 0. The van der Waals surface area contributed by atoms with E-state index in [1.54, 1.807) is 0 Å². The molecule has 0 atom stereocenters. The second kappa shape index (κ2) is 5.57. The zero-order valence-corrected chi connectivity index (χ0v) is 11.2. The van der Waals surface area contributed by atoms with Crippen molar-refractivity contribution in [2.24, 2.45) is 5.92 Å². The lowest BCUT2D eigenvalue weighted by Crippen LogP contribution is -2.51. The van der Waals surface area contributed by atoms with Gasteiger partial charge in [0, 0.05) is 19.1 Å². The molecule has 3 rings (SSSR count). The molecular formula is C14H25N3O. The van der Waals surface area contributed by atoms with Gasteiger partial charge in [-0.2, -0.15) is 0 Å². The quantitative estimate of drug-likeness (QED) is 0.798. The third kappa shape index (κ3) is 3.04. The van der Waals surface area contributed by atoms with Gasteiger partial charge in [0.15, 0.2) is 0 Å². The van der Waals surface area contributed by atoms with Crippen molar-refractivity contribution in [3.63, 3.8) is 0 Å². The van der Waals surface area contributed by atoms with E-state index >= 15 is 0 Å². The van der Waals surface area contributed by atoms with Crippen molar-refractivity contribution in [2.75, 3.05) is 39.3 Å². The topological polar surface area (TPSA) is 35.6 Å². The summed E-state index contributed by atoms with van der Waals surface area (Å²) in [5.74, 6) is 1.25. The van der Waals surface area contributed by atoms with Gasteiger partial charge in [-0.05, 0) is 57.7 Å². The van der Waals surface area contributed by atoms with Crippen molar-refractivity contribution >= 4 is 5.91 Å². The third-order valence-corrected chi connectivity index (χ3v) is 4.64. The number of carbonyl (C=O) groups is 1. The number of hydrogen-bond acceptors (Lipinski definition) is 3. The minimum Gasteiger partial charge on any atom is -0.337 e. The SMILES string of the molecule is O=C1CN(CCC2CCNCC2)CCN1C1CC1. The van der Waals surface area contributed by atoms with Crippen LogP contribution >= 0.6 is 0 Å². The van der Waals surface area contributed by atoms with Crippen LogP contribution in [-0.4, -0.2) is 61.0 Å². The molecule has 2 heterocycles. The van der Waals surface area contributed by atoms with Crippen molar-refractivity contribution in [1.29, 1.82) is 0 Å². The zero-order chi connectivity index (χ0) is 12.4. The van der Waals surface area contributed by atoms with Gasteiger partial charge in [0.25, 0.3) is 0 Å². The third-order valence-electron chi connectivity index (χ3n) is 4.64. The molecule has 0 unspecified atom stereocenters. The second-order valence-electron chi connectivity index (χ2n) is 6.08. The average molecular weight is 251 g/mol. The normalized spacial score (nSPS) is 27.8. The highest BCUT2D eigenvalue weighted by molar-refractivity contribution is 5.79. The molecule has 4 nitrogen and oxygen atoms in total. The Morgan fingerprint density at radius 2 is 1.89 bits per heavy atom. The molecule has 18 heavy (non-hydrogen) atoms. The summed E-state index contributed by atoms with van der Waals surface area (Å²) in [4.78, 5) is 16.5. The van der Waals surface area contributed by atoms with E-state index in [-0.39, 0.29) is 0 Å². The maximum atomic E-state index is 12.0. The van der Waals surface area contributed by atoms with Crippen molar-refractivity contribution in [2.45, 2.75) is 38.1 Å². The van der Waals surface area contributed by atoms with E-state index in [2.05, 4.69) is 15.1 Å². The Balaban J connectivity index is 1.39. The van der Waals surface area contributed by atoms with E-state index in [1.807, 2.05) is 0 Å². The van der Waals surface area contributed by atoms with Gasteiger partial charge in [-0.1, -0.05) is 0 Å². The van der Waals surface area contributed by atoms with Crippen LogP contribution in [0.3, 0.4) is 0 Å². The van der Waals surface area contributed by atoms with Crippen molar-refractivity contribution in [1.82, 2.24) is 15.1 Å². The molecule has 0 aromatic rings. The van der Waals surface area contributed by atoms with E-state index in [4.69, 9.17) is 0 Å². The van der Waals surface area contributed by atoms with Crippen LogP contribution in [0, 0.1) is 5.92 Å². The molecule has 1 N–H and O–H groups in total. The fourth-order valence-electron chi connectivity index (χ4n) is 3.23. The summed E-state index contributed by atoms with van der Waals surface area (Å²) in [6.45, 7) is 6.21. The van der Waals surface area contributed by atoms with Crippen LogP contribution in [0.4, 0.5) is 0 Å². The molecule has 1 aliphatic carbocycles. The molecule has 1 amide bonds. The Morgan fingerprint density at radius 1 is 1.11 bits per heavy atom. The van der Waals surface area contributed by atoms with Crippen molar-refractivity contribution < 1.29 is 4.79 Å². The van der Waals surface area contributed by atoms with Crippen LogP contribution in [0.5, 0.6) is 0 Å². The van der Waals surface area contributed by atoms with Gasteiger partial charge < -0.3 is 10.2 Å². The first-order valence-electron chi connectivity index (χ1n) is 7.55. The lowest BCUT2D eigenvalue weighted by atomic mass is 9.94. The maximum Gasteiger partial charge on any atom is 0.237 e. The fraction of sp³-hybridized carbons (Fsp3) is 0.929. The summed E-state index contributed by atoms with van der Waals surface area (Å²) in [7, 11) is 0. The number of hydrogen-bond donors (Lipinski definition) is 1. The van der Waals surface area contributed by atoms with E-state index in [0.717, 1.165) is 25.6 Å². The fourth-order valence-corrected chi connectivity index (χ4v) is 3.23. The molecule has 2 saturated heterocycles. The molecule has 0 spiro atoms. The number of amides is 1. The largest absolute Gasteiger partial charge is 0.337 e. The Hall–Kier alpha value is -0.610. The number of nitrogens with zero attached hydrogens (tertiary/aromatic N) is 2. The summed E-state index contributed by atoms with van der Waals surface area (Å²) in [5.41, 5.74) is 0. The predicted molar refractivity (Wildman–Crippen MR) is 71.4 cm³/mol. The highest BCUT2D eigenvalue weighted by Crippen LogP contribution is 2.28. The number of rotatable bonds is 4. The first kappa shape index (κ1) is 12.4. The van der Waals surface area contributed by atoms with Gasteiger partial charge in [0.2, 0.25) is 5.91 Å². The van der Waals surface area contributed by atoms with E-state index in [0.29, 0.717) is 18.5 Å². The number of carbonyl (C=O) groups excluding carboxylic acids is 1. The van der Waals surface area contributed by atoms with E-state index in [9.17, 15) is 4.79 Å². The summed E-state index contributed by atoms with van der Waals surface area (Å²) in [6, 6.07) is 0.601. The van der Waals surface area contributed by atoms with Crippen LogP contribution in [-0.2, 0) is 4.79 Å². The number of piperidine rings is 1. The number of piperazine rings is 1. The highest BCUT2D eigenvalue weighted by atomic mass is 16.2.